The quantitative estimate of drug-likeness (QED) is 0.886. The van der Waals surface area contributed by atoms with E-state index in [4.69, 9.17) is 15.2 Å². The van der Waals surface area contributed by atoms with Crippen LogP contribution in [0.15, 0.2) is 18.2 Å². The molecule has 1 aromatic rings. The van der Waals surface area contributed by atoms with E-state index in [-0.39, 0.29) is 0 Å². The summed E-state index contributed by atoms with van der Waals surface area (Å²) in [7, 11) is 1.68. The molecule has 3 atom stereocenters. The van der Waals surface area contributed by atoms with Gasteiger partial charge in [0.2, 0.25) is 0 Å². The highest BCUT2D eigenvalue weighted by Crippen LogP contribution is 2.48. The molecule has 0 aromatic heterocycles. The predicted octanol–water partition coefficient (Wildman–Crippen LogP) is 2.97. The van der Waals surface area contributed by atoms with Gasteiger partial charge in [-0.15, -0.1) is 0 Å². The van der Waals surface area contributed by atoms with Crippen LogP contribution >= 0.6 is 0 Å². The molecule has 2 fully saturated rings. The Morgan fingerprint density at radius 1 is 1.16 bits per heavy atom. The van der Waals surface area contributed by atoms with E-state index in [0.29, 0.717) is 6.54 Å². The molecule has 104 valence electrons. The Labute approximate surface area is 115 Å². The molecular weight excluding hydrogens is 238 g/mol. The minimum atomic E-state index is 0.516. The second-order valence-electron chi connectivity index (χ2n) is 5.97. The van der Waals surface area contributed by atoms with Gasteiger partial charge in [-0.3, -0.25) is 0 Å². The molecule has 1 aromatic carbocycles. The second kappa shape index (κ2) is 5.41. The first kappa shape index (κ1) is 12.8. The summed E-state index contributed by atoms with van der Waals surface area (Å²) in [5.41, 5.74) is 6.76. The molecular formula is C16H23NO2. The zero-order valence-electron chi connectivity index (χ0n) is 11.6. The van der Waals surface area contributed by atoms with E-state index in [2.05, 4.69) is 0 Å². The number of hydrogen-bond acceptors (Lipinski definition) is 3. The molecule has 3 nitrogen and oxygen atoms in total. The van der Waals surface area contributed by atoms with Gasteiger partial charge in [-0.1, -0.05) is 6.42 Å². The van der Waals surface area contributed by atoms with Crippen LogP contribution in [0, 0.1) is 17.8 Å². The number of fused-ring (bicyclic) bond motifs is 2. The first-order chi connectivity index (χ1) is 9.28. The number of rotatable bonds is 5. The lowest BCUT2D eigenvalue weighted by Gasteiger charge is -2.22. The van der Waals surface area contributed by atoms with Crippen LogP contribution < -0.4 is 15.2 Å². The van der Waals surface area contributed by atoms with Crippen molar-refractivity contribution in [2.45, 2.75) is 32.2 Å². The van der Waals surface area contributed by atoms with Gasteiger partial charge >= 0.3 is 0 Å². The molecule has 0 amide bonds. The lowest BCUT2D eigenvalue weighted by Crippen LogP contribution is -2.18. The van der Waals surface area contributed by atoms with Crippen LogP contribution in [0.3, 0.4) is 0 Å². The smallest absolute Gasteiger partial charge is 0.123 e. The van der Waals surface area contributed by atoms with Crippen LogP contribution in [0.1, 0.15) is 31.2 Å². The summed E-state index contributed by atoms with van der Waals surface area (Å²) < 4.78 is 11.3. The number of hydrogen-bond donors (Lipinski definition) is 1. The fourth-order valence-corrected chi connectivity index (χ4v) is 3.73. The van der Waals surface area contributed by atoms with E-state index in [1.165, 1.54) is 25.7 Å². The van der Waals surface area contributed by atoms with Gasteiger partial charge in [0.25, 0.3) is 0 Å². The van der Waals surface area contributed by atoms with Crippen molar-refractivity contribution in [2.24, 2.45) is 23.5 Å². The molecule has 0 radical (unpaired) electrons. The summed E-state index contributed by atoms with van der Waals surface area (Å²) in [6.45, 7) is 1.36. The van der Waals surface area contributed by atoms with E-state index in [1.54, 1.807) is 7.11 Å². The van der Waals surface area contributed by atoms with Gasteiger partial charge in [-0.2, -0.15) is 0 Å². The number of methoxy groups -OCH3 is 1. The molecule has 2 N–H and O–H groups in total. The fraction of sp³-hybridized carbons (Fsp3) is 0.625. The van der Waals surface area contributed by atoms with Gasteiger partial charge in [-0.05, 0) is 54.7 Å². The first-order valence-electron chi connectivity index (χ1n) is 7.29. The zero-order valence-corrected chi connectivity index (χ0v) is 11.6. The molecule has 2 aliphatic carbocycles. The van der Waals surface area contributed by atoms with E-state index < -0.39 is 0 Å². The van der Waals surface area contributed by atoms with Gasteiger partial charge < -0.3 is 15.2 Å². The third-order valence-corrected chi connectivity index (χ3v) is 4.76. The van der Waals surface area contributed by atoms with Crippen molar-refractivity contribution in [1.29, 1.82) is 0 Å². The average molecular weight is 261 g/mol. The van der Waals surface area contributed by atoms with Crippen LogP contribution in [-0.2, 0) is 6.54 Å². The Balaban J connectivity index is 1.63. The van der Waals surface area contributed by atoms with Crippen LogP contribution in [0.4, 0.5) is 0 Å². The van der Waals surface area contributed by atoms with Gasteiger partial charge in [-0.25, -0.2) is 0 Å². The zero-order chi connectivity index (χ0) is 13.2. The van der Waals surface area contributed by atoms with Crippen LogP contribution in [-0.4, -0.2) is 13.7 Å². The topological polar surface area (TPSA) is 44.5 Å². The number of ether oxygens (including phenoxy) is 2. The number of benzene rings is 1. The van der Waals surface area contributed by atoms with Gasteiger partial charge in [0.15, 0.2) is 0 Å². The van der Waals surface area contributed by atoms with E-state index >= 15 is 0 Å². The van der Waals surface area contributed by atoms with Crippen LogP contribution in [0.5, 0.6) is 11.5 Å². The highest BCUT2D eigenvalue weighted by molar-refractivity contribution is 5.38. The third-order valence-electron chi connectivity index (χ3n) is 4.76. The van der Waals surface area contributed by atoms with Crippen molar-refractivity contribution in [3.63, 3.8) is 0 Å². The highest BCUT2D eigenvalue weighted by Gasteiger charge is 2.39. The molecule has 3 heteroatoms. The fourth-order valence-electron chi connectivity index (χ4n) is 3.73. The Kier molecular flexibility index (Phi) is 3.65. The van der Waals surface area contributed by atoms with Crippen LogP contribution in [0.25, 0.3) is 0 Å². The molecule has 3 unspecified atom stereocenters. The van der Waals surface area contributed by atoms with Crippen molar-refractivity contribution < 1.29 is 9.47 Å². The first-order valence-corrected chi connectivity index (χ1v) is 7.29. The molecule has 2 aliphatic rings. The Hall–Kier alpha value is -1.22. The minimum Gasteiger partial charge on any atom is -0.497 e. The maximum atomic E-state index is 5.99. The Bertz CT molecular complexity index is 424. The van der Waals surface area contributed by atoms with E-state index in [1.807, 2.05) is 18.2 Å². The molecule has 0 saturated heterocycles. The summed E-state index contributed by atoms with van der Waals surface area (Å²) in [4.78, 5) is 0. The molecule has 2 saturated carbocycles. The van der Waals surface area contributed by atoms with Crippen LogP contribution in [0.2, 0.25) is 0 Å². The Morgan fingerprint density at radius 2 is 2.00 bits per heavy atom. The van der Waals surface area contributed by atoms with Crippen molar-refractivity contribution in [3.05, 3.63) is 23.8 Å². The average Bonchev–Trinajstić information content (AvgIpc) is 3.07. The molecule has 0 aliphatic heterocycles. The van der Waals surface area contributed by atoms with Crippen molar-refractivity contribution >= 4 is 0 Å². The number of nitrogens with two attached hydrogens (primary N) is 1. The molecule has 3 rings (SSSR count). The van der Waals surface area contributed by atoms with E-state index in [0.717, 1.165) is 41.4 Å². The standard InChI is InChI=1S/C16H23NO2/c1-18-15-6-12(9-17)7-16(8-15)19-10-14-5-11-2-3-13(14)4-11/h6-8,11,13-14H,2-5,9-10,17H2,1H3. The minimum absolute atomic E-state index is 0.516. The molecule has 0 spiro atoms. The van der Waals surface area contributed by atoms with Gasteiger partial charge in [0.05, 0.1) is 13.7 Å². The summed E-state index contributed by atoms with van der Waals surface area (Å²) in [5, 5.41) is 0. The molecule has 0 heterocycles. The summed E-state index contributed by atoms with van der Waals surface area (Å²) in [5.74, 6) is 4.35. The summed E-state index contributed by atoms with van der Waals surface area (Å²) in [6, 6.07) is 5.94. The monoisotopic (exact) mass is 261 g/mol. The van der Waals surface area contributed by atoms with E-state index in [9.17, 15) is 0 Å². The van der Waals surface area contributed by atoms with Gasteiger partial charge in [0, 0.05) is 12.6 Å². The van der Waals surface area contributed by atoms with Crippen molar-refractivity contribution in [3.8, 4) is 11.5 Å². The predicted molar refractivity (Wildman–Crippen MR) is 75.3 cm³/mol. The molecule has 2 bridgehead atoms. The maximum absolute atomic E-state index is 5.99. The van der Waals surface area contributed by atoms with Crippen molar-refractivity contribution in [2.75, 3.05) is 13.7 Å². The summed E-state index contributed by atoms with van der Waals surface area (Å²) in [6.07, 6.45) is 5.64. The Morgan fingerprint density at radius 3 is 2.63 bits per heavy atom. The SMILES string of the molecule is COc1cc(CN)cc(OCC2CC3CCC2C3)c1. The normalized spacial score (nSPS) is 28.6. The highest BCUT2D eigenvalue weighted by atomic mass is 16.5. The van der Waals surface area contributed by atoms with Crippen molar-refractivity contribution in [1.82, 2.24) is 0 Å². The maximum Gasteiger partial charge on any atom is 0.123 e. The third kappa shape index (κ3) is 2.71. The lowest BCUT2D eigenvalue weighted by atomic mass is 9.89. The molecule has 19 heavy (non-hydrogen) atoms. The van der Waals surface area contributed by atoms with Gasteiger partial charge in [0.1, 0.15) is 11.5 Å². The second-order valence-corrected chi connectivity index (χ2v) is 5.97. The lowest BCUT2D eigenvalue weighted by molar-refractivity contribution is 0.194. The largest absolute Gasteiger partial charge is 0.497 e. The summed E-state index contributed by atoms with van der Waals surface area (Å²) >= 11 is 0.